The second-order valence-corrected chi connectivity index (χ2v) is 6.70. The molecule has 26 heavy (non-hydrogen) atoms. The molecule has 1 fully saturated rings. The third kappa shape index (κ3) is 4.23. The fraction of sp³-hybridized carbons (Fsp3) is 0.300. The minimum atomic E-state index is -0.520. The smallest absolute Gasteiger partial charge is 0.249 e. The molecular formula is C20H20ClN3O2. The van der Waals surface area contributed by atoms with E-state index in [0.717, 1.165) is 24.2 Å². The van der Waals surface area contributed by atoms with Gasteiger partial charge in [-0.1, -0.05) is 29.8 Å². The third-order valence-corrected chi connectivity index (χ3v) is 4.91. The third-order valence-electron chi connectivity index (χ3n) is 4.66. The van der Waals surface area contributed by atoms with Gasteiger partial charge in [0.1, 0.15) is 0 Å². The Morgan fingerprint density at radius 3 is 2.54 bits per heavy atom. The van der Waals surface area contributed by atoms with Crippen molar-refractivity contribution in [1.29, 1.82) is 5.26 Å². The lowest BCUT2D eigenvalue weighted by Crippen LogP contribution is -2.40. The van der Waals surface area contributed by atoms with E-state index in [1.165, 1.54) is 0 Å². The van der Waals surface area contributed by atoms with Gasteiger partial charge in [0.15, 0.2) is 0 Å². The van der Waals surface area contributed by atoms with E-state index < -0.39 is 5.91 Å². The van der Waals surface area contributed by atoms with Gasteiger partial charge in [-0.15, -0.1) is 0 Å². The molecule has 5 nitrogen and oxygen atoms in total. The molecule has 3 rings (SSSR count). The van der Waals surface area contributed by atoms with Crippen LogP contribution in [0.2, 0.25) is 5.02 Å². The van der Waals surface area contributed by atoms with Crippen LogP contribution in [0, 0.1) is 11.3 Å². The van der Waals surface area contributed by atoms with E-state index in [4.69, 9.17) is 27.3 Å². The quantitative estimate of drug-likeness (QED) is 0.878. The number of nitrogens with zero attached hydrogens (tertiary/aromatic N) is 2. The fourth-order valence-corrected chi connectivity index (χ4v) is 3.42. The van der Waals surface area contributed by atoms with Crippen molar-refractivity contribution < 1.29 is 9.53 Å². The Morgan fingerprint density at radius 1 is 1.23 bits per heavy atom. The van der Waals surface area contributed by atoms with Crippen molar-refractivity contribution in [3.8, 4) is 6.07 Å². The van der Waals surface area contributed by atoms with Crippen LogP contribution in [-0.2, 0) is 11.2 Å². The number of amides is 1. The highest BCUT2D eigenvalue weighted by Gasteiger charge is 2.24. The molecule has 1 aliphatic rings. The summed E-state index contributed by atoms with van der Waals surface area (Å²) in [6, 6.07) is 15.0. The number of hydrogen-bond donors (Lipinski definition) is 1. The first-order chi connectivity index (χ1) is 12.6. The highest BCUT2D eigenvalue weighted by atomic mass is 35.5. The number of ether oxygens (including phenoxy) is 1. The molecule has 1 heterocycles. The number of nitriles is 1. The largest absolute Gasteiger partial charge is 0.379 e. The maximum Gasteiger partial charge on any atom is 0.249 e. The molecule has 6 heteroatoms. The molecule has 1 atom stereocenters. The number of halogens is 1. The molecule has 1 saturated heterocycles. The summed E-state index contributed by atoms with van der Waals surface area (Å²) in [4.78, 5) is 14.2. The maximum absolute atomic E-state index is 11.9. The molecule has 2 aromatic carbocycles. The summed E-state index contributed by atoms with van der Waals surface area (Å²) in [7, 11) is 0. The highest BCUT2D eigenvalue weighted by Crippen LogP contribution is 2.28. The second kappa shape index (κ2) is 8.33. The van der Waals surface area contributed by atoms with Gasteiger partial charge in [-0.3, -0.25) is 9.69 Å². The molecule has 1 amide bonds. The summed E-state index contributed by atoms with van der Waals surface area (Å²) in [5.41, 5.74) is 8.34. The van der Waals surface area contributed by atoms with Crippen molar-refractivity contribution in [1.82, 2.24) is 4.90 Å². The number of hydrogen-bond acceptors (Lipinski definition) is 4. The lowest BCUT2D eigenvalue weighted by atomic mass is 9.93. The summed E-state index contributed by atoms with van der Waals surface area (Å²) < 4.78 is 5.47. The molecule has 0 bridgehead atoms. The molecule has 0 radical (unpaired) electrons. The second-order valence-electron chi connectivity index (χ2n) is 6.27. The molecule has 2 aromatic rings. The first-order valence-corrected chi connectivity index (χ1v) is 8.86. The van der Waals surface area contributed by atoms with Crippen LogP contribution in [-0.4, -0.2) is 37.1 Å². The Labute approximate surface area is 157 Å². The molecule has 2 N–H and O–H groups in total. The predicted molar refractivity (Wildman–Crippen MR) is 100.0 cm³/mol. The molecule has 0 saturated carbocycles. The van der Waals surface area contributed by atoms with E-state index in [1.807, 2.05) is 30.3 Å². The Balaban J connectivity index is 1.96. The Hall–Kier alpha value is -2.39. The highest BCUT2D eigenvalue weighted by molar-refractivity contribution is 6.30. The van der Waals surface area contributed by atoms with Gasteiger partial charge in [-0.05, 0) is 41.8 Å². The lowest BCUT2D eigenvalue weighted by molar-refractivity contribution is 0.0160. The van der Waals surface area contributed by atoms with Gasteiger partial charge in [0.25, 0.3) is 0 Å². The van der Waals surface area contributed by atoms with E-state index in [1.54, 1.807) is 12.1 Å². The van der Waals surface area contributed by atoms with E-state index >= 15 is 0 Å². The fourth-order valence-electron chi connectivity index (χ4n) is 3.29. The van der Waals surface area contributed by atoms with Crippen LogP contribution in [0.1, 0.15) is 33.1 Å². The summed E-state index contributed by atoms with van der Waals surface area (Å²) in [6.07, 6.45) is 0.617. The maximum atomic E-state index is 11.9. The van der Waals surface area contributed by atoms with Crippen LogP contribution >= 0.6 is 11.6 Å². The average Bonchev–Trinajstić information content (AvgIpc) is 2.67. The van der Waals surface area contributed by atoms with Gasteiger partial charge in [0, 0.05) is 29.7 Å². The van der Waals surface area contributed by atoms with Gasteiger partial charge >= 0.3 is 0 Å². The van der Waals surface area contributed by atoms with Gasteiger partial charge in [-0.2, -0.15) is 5.26 Å². The molecule has 0 spiro atoms. The average molecular weight is 370 g/mol. The monoisotopic (exact) mass is 369 g/mol. The van der Waals surface area contributed by atoms with Crippen molar-refractivity contribution in [2.75, 3.05) is 26.3 Å². The van der Waals surface area contributed by atoms with Crippen LogP contribution < -0.4 is 5.73 Å². The molecular weight excluding hydrogens is 350 g/mol. The summed E-state index contributed by atoms with van der Waals surface area (Å²) in [5.74, 6) is -0.520. The number of morpholine rings is 1. The van der Waals surface area contributed by atoms with Crippen molar-refractivity contribution in [2.45, 2.75) is 12.5 Å². The minimum Gasteiger partial charge on any atom is -0.379 e. The first kappa shape index (κ1) is 18.4. The van der Waals surface area contributed by atoms with E-state index in [-0.39, 0.29) is 6.04 Å². The van der Waals surface area contributed by atoms with Crippen LogP contribution in [0.25, 0.3) is 0 Å². The van der Waals surface area contributed by atoms with Crippen LogP contribution in [0.4, 0.5) is 0 Å². The number of benzene rings is 2. The number of carbonyl (C=O) groups excluding carboxylic acids is 1. The normalized spacial score (nSPS) is 16.0. The van der Waals surface area contributed by atoms with Gasteiger partial charge in [0.2, 0.25) is 5.91 Å². The van der Waals surface area contributed by atoms with Crippen LogP contribution in [0.15, 0.2) is 42.5 Å². The van der Waals surface area contributed by atoms with Crippen LogP contribution in [0.5, 0.6) is 0 Å². The van der Waals surface area contributed by atoms with Crippen LogP contribution in [0.3, 0.4) is 0 Å². The molecule has 134 valence electrons. The topological polar surface area (TPSA) is 79.3 Å². The zero-order chi connectivity index (χ0) is 18.5. The van der Waals surface area contributed by atoms with E-state index in [9.17, 15) is 4.79 Å². The minimum absolute atomic E-state index is 0.0715. The summed E-state index contributed by atoms with van der Waals surface area (Å²) in [6.45, 7) is 2.99. The van der Waals surface area contributed by atoms with Crippen molar-refractivity contribution in [2.24, 2.45) is 5.73 Å². The van der Waals surface area contributed by atoms with Gasteiger partial charge < -0.3 is 10.5 Å². The predicted octanol–water partition coefficient (Wildman–Crippen LogP) is 2.93. The Morgan fingerprint density at radius 2 is 1.92 bits per heavy atom. The molecule has 1 unspecified atom stereocenters. The van der Waals surface area contributed by atoms with Crippen molar-refractivity contribution in [3.63, 3.8) is 0 Å². The van der Waals surface area contributed by atoms with Gasteiger partial charge in [0.05, 0.1) is 24.8 Å². The number of rotatable bonds is 5. The van der Waals surface area contributed by atoms with E-state index in [2.05, 4.69) is 11.0 Å². The number of carbonyl (C=O) groups is 1. The molecule has 0 aliphatic carbocycles. The summed E-state index contributed by atoms with van der Waals surface area (Å²) >= 11 is 6.04. The molecule has 1 aliphatic heterocycles. The standard InChI is InChI=1S/C20H20ClN3O2/c21-17-5-3-15(4-6-17)19(24-7-9-26-10-8-24)12-16-2-1-14(13-22)11-18(16)20(23)25/h1-6,11,19H,7-10,12H2,(H2,23,25). The first-order valence-electron chi connectivity index (χ1n) is 8.48. The van der Waals surface area contributed by atoms with Gasteiger partial charge in [-0.25, -0.2) is 0 Å². The lowest BCUT2D eigenvalue weighted by Gasteiger charge is -2.35. The number of nitrogens with two attached hydrogens (primary N) is 1. The Kier molecular flexibility index (Phi) is 5.89. The zero-order valence-electron chi connectivity index (χ0n) is 14.3. The zero-order valence-corrected chi connectivity index (χ0v) is 15.1. The van der Waals surface area contributed by atoms with E-state index in [0.29, 0.717) is 35.8 Å². The Bertz CT molecular complexity index is 824. The van der Waals surface area contributed by atoms with Crippen molar-refractivity contribution in [3.05, 3.63) is 69.7 Å². The molecule has 0 aromatic heterocycles. The summed E-state index contributed by atoms with van der Waals surface area (Å²) in [5, 5.41) is 9.77. The number of primary amides is 1. The van der Waals surface area contributed by atoms with Crippen molar-refractivity contribution >= 4 is 17.5 Å². The SMILES string of the molecule is N#Cc1ccc(CC(c2ccc(Cl)cc2)N2CCOCC2)c(C(N)=O)c1.